The zero-order valence-electron chi connectivity index (χ0n) is 11.8. The molecule has 0 heterocycles. The van der Waals surface area contributed by atoms with Crippen LogP contribution in [0, 0.1) is 19.7 Å². The highest BCUT2D eigenvalue weighted by Gasteiger charge is 2.07. The number of hydrogen-bond donors (Lipinski definition) is 1. The molecular weight excluding hydrogens is 271 g/mol. The van der Waals surface area contributed by atoms with Crippen molar-refractivity contribution in [2.45, 2.75) is 13.8 Å². The molecule has 1 N–H and O–H groups in total. The Balaban J connectivity index is 2.39. The second kappa shape index (κ2) is 6.22. The van der Waals surface area contributed by atoms with Gasteiger partial charge in [-0.2, -0.15) is 0 Å². The molecule has 4 heteroatoms. The second-order valence-electron chi connectivity index (χ2n) is 4.72. The van der Waals surface area contributed by atoms with E-state index >= 15 is 0 Å². The third kappa shape index (κ3) is 3.92. The minimum atomic E-state index is -1.10. The summed E-state index contributed by atoms with van der Waals surface area (Å²) in [5.74, 6) is -0.487. The van der Waals surface area contributed by atoms with E-state index in [0.717, 1.165) is 17.2 Å². The van der Waals surface area contributed by atoms with Crippen LogP contribution < -0.4 is 4.74 Å². The van der Waals surface area contributed by atoms with Crippen LogP contribution in [0.2, 0.25) is 0 Å². The number of aliphatic carboxylic acids is 1. The molecule has 0 saturated carbocycles. The average Bonchev–Trinajstić information content (AvgIpc) is 2.43. The standard InChI is InChI=1S/C17H15FO3/c1-11-3-4-12(2)16(9-11)21-15-7-6-14(18)10-13(15)5-8-17(19)20/h3-10H,1-2H3,(H,19,20)/b8-5+. The fourth-order valence-corrected chi connectivity index (χ4v) is 1.84. The lowest BCUT2D eigenvalue weighted by molar-refractivity contribution is -0.131. The lowest BCUT2D eigenvalue weighted by Gasteiger charge is -2.12. The Morgan fingerprint density at radius 1 is 1.14 bits per heavy atom. The number of rotatable bonds is 4. The summed E-state index contributed by atoms with van der Waals surface area (Å²) in [6.07, 6.45) is 2.26. The molecule has 0 aliphatic heterocycles. The average molecular weight is 286 g/mol. The zero-order valence-corrected chi connectivity index (χ0v) is 11.8. The molecule has 0 aliphatic carbocycles. The quantitative estimate of drug-likeness (QED) is 0.851. The number of carboxylic acids is 1. The van der Waals surface area contributed by atoms with Crippen LogP contribution in [0.1, 0.15) is 16.7 Å². The van der Waals surface area contributed by atoms with Crippen molar-refractivity contribution >= 4 is 12.0 Å². The summed E-state index contributed by atoms with van der Waals surface area (Å²) < 4.78 is 19.1. The molecule has 0 saturated heterocycles. The lowest BCUT2D eigenvalue weighted by Crippen LogP contribution is -1.93. The van der Waals surface area contributed by atoms with Crippen molar-refractivity contribution in [1.29, 1.82) is 0 Å². The van der Waals surface area contributed by atoms with Crippen LogP contribution in [0.25, 0.3) is 6.08 Å². The van der Waals surface area contributed by atoms with E-state index in [9.17, 15) is 9.18 Å². The van der Waals surface area contributed by atoms with Crippen LogP contribution in [0.3, 0.4) is 0 Å². The van der Waals surface area contributed by atoms with Gasteiger partial charge in [0.15, 0.2) is 0 Å². The monoisotopic (exact) mass is 286 g/mol. The van der Waals surface area contributed by atoms with Crippen LogP contribution in [0.5, 0.6) is 11.5 Å². The molecule has 0 spiro atoms. The summed E-state index contributed by atoms with van der Waals surface area (Å²) in [7, 11) is 0. The maximum atomic E-state index is 13.3. The Kier molecular flexibility index (Phi) is 4.38. The third-order valence-corrected chi connectivity index (χ3v) is 2.94. The Morgan fingerprint density at radius 2 is 1.90 bits per heavy atom. The van der Waals surface area contributed by atoms with E-state index in [1.165, 1.54) is 24.3 Å². The van der Waals surface area contributed by atoms with Gasteiger partial charge in [0.1, 0.15) is 17.3 Å². The summed E-state index contributed by atoms with van der Waals surface area (Å²) in [5, 5.41) is 8.68. The van der Waals surface area contributed by atoms with Crippen molar-refractivity contribution in [3.8, 4) is 11.5 Å². The van der Waals surface area contributed by atoms with Crippen LogP contribution in [-0.2, 0) is 4.79 Å². The first-order valence-electron chi connectivity index (χ1n) is 6.41. The second-order valence-corrected chi connectivity index (χ2v) is 4.72. The molecule has 0 aromatic heterocycles. The summed E-state index contributed by atoms with van der Waals surface area (Å²) in [6, 6.07) is 9.78. The van der Waals surface area contributed by atoms with Crippen molar-refractivity contribution < 1.29 is 19.0 Å². The van der Waals surface area contributed by atoms with E-state index in [1.807, 2.05) is 32.0 Å². The Hall–Kier alpha value is -2.62. The first-order valence-corrected chi connectivity index (χ1v) is 6.41. The summed E-state index contributed by atoms with van der Waals surface area (Å²) in [4.78, 5) is 10.6. The SMILES string of the molecule is Cc1ccc(C)c(Oc2ccc(F)cc2/C=C/C(=O)O)c1. The lowest BCUT2D eigenvalue weighted by atomic mass is 10.1. The molecule has 2 rings (SSSR count). The Labute approximate surface area is 122 Å². The number of carbonyl (C=O) groups is 1. The van der Waals surface area contributed by atoms with Crippen LogP contribution in [-0.4, -0.2) is 11.1 Å². The number of benzene rings is 2. The number of halogens is 1. The Morgan fingerprint density at radius 3 is 2.62 bits per heavy atom. The molecule has 0 unspecified atom stereocenters. The summed E-state index contributed by atoms with van der Waals surface area (Å²) in [5.41, 5.74) is 2.36. The molecule has 0 bridgehead atoms. The molecule has 0 atom stereocenters. The number of hydrogen-bond acceptors (Lipinski definition) is 2. The van der Waals surface area contributed by atoms with Crippen molar-refractivity contribution in [2.75, 3.05) is 0 Å². The molecule has 0 radical (unpaired) electrons. The minimum absolute atomic E-state index is 0.373. The van der Waals surface area contributed by atoms with E-state index in [1.54, 1.807) is 0 Å². The molecule has 2 aromatic rings. The van der Waals surface area contributed by atoms with Gasteiger partial charge in [0.25, 0.3) is 0 Å². The topological polar surface area (TPSA) is 46.5 Å². The highest BCUT2D eigenvalue weighted by molar-refractivity contribution is 5.85. The van der Waals surface area contributed by atoms with Crippen LogP contribution >= 0.6 is 0 Å². The van der Waals surface area contributed by atoms with E-state index in [2.05, 4.69) is 0 Å². The van der Waals surface area contributed by atoms with Crippen molar-refractivity contribution in [1.82, 2.24) is 0 Å². The van der Waals surface area contributed by atoms with Gasteiger partial charge in [0.05, 0.1) is 0 Å². The maximum absolute atomic E-state index is 13.3. The number of carboxylic acid groups (broad SMARTS) is 1. The first kappa shape index (κ1) is 14.8. The van der Waals surface area contributed by atoms with Gasteiger partial charge >= 0.3 is 5.97 Å². The third-order valence-electron chi connectivity index (χ3n) is 2.94. The highest BCUT2D eigenvalue weighted by Crippen LogP contribution is 2.30. The minimum Gasteiger partial charge on any atom is -0.478 e. The van der Waals surface area contributed by atoms with E-state index < -0.39 is 11.8 Å². The molecule has 108 valence electrons. The smallest absolute Gasteiger partial charge is 0.328 e. The van der Waals surface area contributed by atoms with Gasteiger partial charge in [-0.25, -0.2) is 9.18 Å². The summed E-state index contributed by atoms with van der Waals surface area (Å²) in [6.45, 7) is 3.85. The molecular formula is C17H15FO3. The Bertz CT molecular complexity index is 705. The summed E-state index contributed by atoms with van der Waals surface area (Å²) >= 11 is 0. The molecule has 2 aromatic carbocycles. The van der Waals surface area contributed by atoms with Crippen LogP contribution in [0.15, 0.2) is 42.5 Å². The fraction of sp³-hybridized carbons (Fsp3) is 0.118. The van der Waals surface area contributed by atoms with Gasteiger partial charge in [0.2, 0.25) is 0 Å². The predicted molar refractivity (Wildman–Crippen MR) is 79.1 cm³/mol. The van der Waals surface area contributed by atoms with Crippen molar-refractivity contribution in [2.24, 2.45) is 0 Å². The van der Waals surface area contributed by atoms with Crippen LogP contribution in [0.4, 0.5) is 4.39 Å². The van der Waals surface area contributed by atoms with Gasteiger partial charge in [-0.1, -0.05) is 12.1 Å². The van der Waals surface area contributed by atoms with Crippen molar-refractivity contribution in [3.63, 3.8) is 0 Å². The van der Waals surface area contributed by atoms with Gasteiger partial charge in [-0.3, -0.25) is 0 Å². The predicted octanol–water partition coefficient (Wildman–Crippen LogP) is 4.33. The highest BCUT2D eigenvalue weighted by atomic mass is 19.1. The molecule has 3 nitrogen and oxygen atoms in total. The van der Waals surface area contributed by atoms with Gasteiger partial charge in [-0.05, 0) is 55.3 Å². The van der Waals surface area contributed by atoms with E-state index in [4.69, 9.17) is 9.84 Å². The number of ether oxygens (including phenoxy) is 1. The van der Waals surface area contributed by atoms with Gasteiger partial charge in [-0.15, -0.1) is 0 Å². The molecule has 0 fully saturated rings. The first-order chi connectivity index (χ1) is 9.95. The van der Waals surface area contributed by atoms with Gasteiger partial charge in [0, 0.05) is 11.6 Å². The fourth-order valence-electron chi connectivity index (χ4n) is 1.84. The zero-order chi connectivity index (χ0) is 15.4. The van der Waals surface area contributed by atoms with Gasteiger partial charge < -0.3 is 9.84 Å². The van der Waals surface area contributed by atoms with E-state index in [0.29, 0.717) is 17.1 Å². The maximum Gasteiger partial charge on any atom is 0.328 e. The molecule has 0 amide bonds. The van der Waals surface area contributed by atoms with Crippen molar-refractivity contribution in [3.05, 3.63) is 65.0 Å². The largest absolute Gasteiger partial charge is 0.478 e. The number of aryl methyl sites for hydroxylation is 2. The molecule has 0 aliphatic rings. The normalized spacial score (nSPS) is 10.8. The molecule has 21 heavy (non-hydrogen) atoms. The van der Waals surface area contributed by atoms with E-state index in [-0.39, 0.29) is 0 Å².